The molecule has 0 amide bonds. The summed E-state index contributed by atoms with van der Waals surface area (Å²) in [5.41, 5.74) is 1.25. The predicted molar refractivity (Wildman–Crippen MR) is 73.2 cm³/mol. The fourth-order valence-corrected chi connectivity index (χ4v) is 2.08. The van der Waals surface area contributed by atoms with Crippen molar-refractivity contribution in [3.63, 3.8) is 0 Å². The van der Waals surface area contributed by atoms with Crippen LogP contribution in [0.25, 0.3) is 0 Å². The van der Waals surface area contributed by atoms with Crippen LogP contribution in [0.1, 0.15) is 38.2 Å². The van der Waals surface area contributed by atoms with Crippen LogP contribution < -0.4 is 0 Å². The van der Waals surface area contributed by atoms with E-state index >= 15 is 0 Å². The normalized spacial score (nSPS) is 16.8. The monoisotopic (exact) mass is 235 g/mol. The largest absolute Gasteiger partial charge is 0.393 e. The highest BCUT2D eigenvalue weighted by Crippen LogP contribution is 2.27. The van der Waals surface area contributed by atoms with Crippen molar-refractivity contribution in [2.24, 2.45) is 0 Å². The summed E-state index contributed by atoms with van der Waals surface area (Å²) >= 11 is 0. The molecular formula is C15H25NO. The number of hydrogen-bond acceptors (Lipinski definition) is 2. The lowest BCUT2D eigenvalue weighted by Gasteiger charge is -2.28. The van der Waals surface area contributed by atoms with Gasteiger partial charge in [0.1, 0.15) is 0 Å². The van der Waals surface area contributed by atoms with E-state index in [1.807, 2.05) is 25.1 Å². The van der Waals surface area contributed by atoms with Crippen molar-refractivity contribution in [2.75, 3.05) is 14.1 Å². The van der Waals surface area contributed by atoms with Gasteiger partial charge in [-0.3, -0.25) is 0 Å². The number of benzene rings is 1. The molecule has 0 fully saturated rings. The van der Waals surface area contributed by atoms with Crippen LogP contribution in [0.2, 0.25) is 0 Å². The zero-order valence-electron chi connectivity index (χ0n) is 11.4. The molecule has 3 unspecified atom stereocenters. The summed E-state index contributed by atoms with van der Waals surface area (Å²) in [5, 5.41) is 10.2. The maximum Gasteiger partial charge on any atom is 0.0606 e. The molecule has 0 saturated heterocycles. The minimum absolute atomic E-state index is 0.235. The average molecular weight is 235 g/mol. The summed E-state index contributed by atoms with van der Waals surface area (Å²) in [6.45, 7) is 4.25. The Morgan fingerprint density at radius 1 is 1.18 bits per heavy atom. The Balaban J connectivity index is 2.82. The summed E-state index contributed by atoms with van der Waals surface area (Å²) < 4.78 is 0. The first-order chi connectivity index (χ1) is 8.06. The lowest BCUT2D eigenvalue weighted by atomic mass is 9.86. The van der Waals surface area contributed by atoms with E-state index in [0.29, 0.717) is 6.04 Å². The van der Waals surface area contributed by atoms with Crippen LogP contribution >= 0.6 is 0 Å². The number of aliphatic hydroxyl groups excluding tert-OH is 1. The third-order valence-electron chi connectivity index (χ3n) is 3.59. The van der Waals surface area contributed by atoms with Crippen LogP contribution in [0.3, 0.4) is 0 Å². The number of nitrogens with zero attached hydrogens (tertiary/aromatic N) is 1. The van der Waals surface area contributed by atoms with Crippen LogP contribution in [-0.2, 0) is 0 Å². The maximum absolute atomic E-state index is 10.2. The SMILES string of the molecule is CCC(O)C(CC(C)N(C)C)c1ccccc1. The molecule has 0 aliphatic rings. The van der Waals surface area contributed by atoms with E-state index in [1.54, 1.807) is 0 Å². The Hall–Kier alpha value is -0.860. The van der Waals surface area contributed by atoms with Crippen LogP contribution in [0.15, 0.2) is 30.3 Å². The topological polar surface area (TPSA) is 23.5 Å². The van der Waals surface area contributed by atoms with Gasteiger partial charge in [-0.05, 0) is 39.4 Å². The molecule has 1 aromatic rings. The third-order valence-corrected chi connectivity index (χ3v) is 3.59. The van der Waals surface area contributed by atoms with Gasteiger partial charge in [0.2, 0.25) is 0 Å². The molecule has 0 bridgehead atoms. The van der Waals surface area contributed by atoms with E-state index < -0.39 is 0 Å². The first-order valence-electron chi connectivity index (χ1n) is 6.45. The highest BCUT2D eigenvalue weighted by molar-refractivity contribution is 5.21. The Bertz CT molecular complexity index is 310. The Morgan fingerprint density at radius 3 is 2.24 bits per heavy atom. The molecule has 0 aliphatic carbocycles. The van der Waals surface area contributed by atoms with Crippen LogP contribution in [0.5, 0.6) is 0 Å². The van der Waals surface area contributed by atoms with Gasteiger partial charge in [-0.1, -0.05) is 37.3 Å². The van der Waals surface area contributed by atoms with Gasteiger partial charge in [0.05, 0.1) is 6.10 Å². The molecule has 1 aromatic carbocycles. The fourth-order valence-electron chi connectivity index (χ4n) is 2.08. The average Bonchev–Trinajstić information content (AvgIpc) is 2.35. The molecule has 0 radical (unpaired) electrons. The molecule has 0 aliphatic heterocycles. The summed E-state index contributed by atoms with van der Waals surface area (Å²) in [6, 6.07) is 10.8. The number of rotatable bonds is 6. The van der Waals surface area contributed by atoms with Crippen molar-refractivity contribution in [3.05, 3.63) is 35.9 Å². The molecule has 0 heterocycles. The second kappa shape index (κ2) is 6.77. The highest BCUT2D eigenvalue weighted by Gasteiger charge is 2.22. The van der Waals surface area contributed by atoms with Crippen molar-refractivity contribution in [2.45, 2.75) is 44.8 Å². The lowest BCUT2D eigenvalue weighted by Crippen LogP contribution is -2.30. The summed E-state index contributed by atoms with van der Waals surface area (Å²) in [7, 11) is 4.18. The van der Waals surface area contributed by atoms with Gasteiger partial charge in [0.25, 0.3) is 0 Å². The van der Waals surface area contributed by atoms with E-state index in [0.717, 1.165) is 12.8 Å². The highest BCUT2D eigenvalue weighted by atomic mass is 16.3. The Labute approximate surface area is 105 Å². The number of aliphatic hydroxyl groups is 1. The second-order valence-electron chi connectivity index (χ2n) is 5.04. The van der Waals surface area contributed by atoms with Gasteiger partial charge < -0.3 is 10.0 Å². The minimum Gasteiger partial charge on any atom is -0.393 e. The molecule has 96 valence electrons. The van der Waals surface area contributed by atoms with Gasteiger partial charge >= 0.3 is 0 Å². The summed E-state index contributed by atoms with van der Waals surface area (Å²) in [5.74, 6) is 0.235. The minimum atomic E-state index is -0.250. The zero-order chi connectivity index (χ0) is 12.8. The molecule has 2 heteroatoms. The van der Waals surface area contributed by atoms with Crippen molar-refractivity contribution in [1.82, 2.24) is 4.90 Å². The summed E-state index contributed by atoms with van der Waals surface area (Å²) in [4.78, 5) is 2.21. The molecule has 2 nitrogen and oxygen atoms in total. The first-order valence-corrected chi connectivity index (χ1v) is 6.45. The van der Waals surface area contributed by atoms with E-state index in [1.165, 1.54) is 5.56 Å². The number of hydrogen-bond donors (Lipinski definition) is 1. The molecule has 3 atom stereocenters. The van der Waals surface area contributed by atoms with Crippen LogP contribution in [0.4, 0.5) is 0 Å². The fraction of sp³-hybridized carbons (Fsp3) is 0.600. The van der Waals surface area contributed by atoms with E-state index in [9.17, 15) is 5.11 Å². The smallest absolute Gasteiger partial charge is 0.0606 e. The molecule has 1 N–H and O–H groups in total. The van der Waals surface area contributed by atoms with Gasteiger partial charge in [-0.15, -0.1) is 0 Å². The van der Waals surface area contributed by atoms with Crippen molar-refractivity contribution in [3.8, 4) is 0 Å². The van der Waals surface area contributed by atoms with Crippen LogP contribution in [0, 0.1) is 0 Å². The Morgan fingerprint density at radius 2 is 1.76 bits per heavy atom. The molecule has 0 saturated carbocycles. The molecule has 1 rings (SSSR count). The predicted octanol–water partition coefficient (Wildman–Crippen LogP) is 2.88. The van der Waals surface area contributed by atoms with E-state index in [4.69, 9.17) is 0 Å². The van der Waals surface area contributed by atoms with Gasteiger partial charge in [-0.2, -0.15) is 0 Å². The lowest BCUT2D eigenvalue weighted by molar-refractivity contribution is 0.120. The standard InChI is InChI=1S/C15H25NO/c1-5-15(17)14(11-12(2)16(3)4)13-9-7-6-8-10-13/h6-10,12,14-15,17H,5,11H2,1-4H3. The molecule has 0 spiro atoms. The zero-order valence-corrected chi connectivity index (χ0v) is 11.4. The maximum atomic E-state index is 10.2. The molecular weight excluding hydrogens is 210 g/mol. The summed E-state index contributed by atoms with van der Waals surface area (Å²) in [6.07, 6.45) is 1.55. The second-order valence-corrected chi connectivity index (χ2v) is 5.04. The van der Waals surface area contributed by atoms with Crippen molar-refractivity contribution in [1.29, 1.82) is 0 Å². The van der Waals surface area contributed by atoms with Gasteiger partial charge in [-0.25, -0.2) is 0 Å². The quantitative estimate of drug-likeness (QED) is 0.819. The van der Waals surface area contributed by atoms with Crippen molar-refractivity contribution >= 4 is 0 Å². The Kier molecular flexibility index (Phi) is 5.66. The van der Waals surface area contributed by atoms with E-state index in [2.05, 4.69) is 38.1 Å². The van der Waals surface area contributed by atoms with Gasteiger partial charge in [0.15, 0.2) is 0 Å². The van der Waals surface area contributed by atoms with Crippen LogP contribution in [-0.4, -0.2) is 36.2 Å². The van der Waals surface area contributed by atoms with Gasteiger partial charge in [0, 0.05) is 12.0 Å². The third kappa shape index (κ3) is 4.14. The molecule has 0 aromatic heterocycles. The van der Waals surface area contributed by atoms with E-state index in [-0.39, 0.29) is 12.0 Å². The molecule has 17 heavy (non-hydrogen) atoms. The van der Waals surface area contributed by atoms with Crippen molar-refractivity contribution < 1.29 is 5.11 Å². The first kappa shape index (κ1) is 14.2.